The monoisotopic (exact) mass is 285 g/mol. The second-order valence-corrected chi connectivity index (χ2v) is 6.79. The summed E-state index contributed by atoms with van der Waals surface area (Å²) in [5, 5.41) is 3.28. The first-order valence-electron chi connectivity index (χ1n) is 7.29. The van der Waals surface area contributed by atoms with Crippen LogP contribution in [0.5, 0.6) is 0 Å². The summed E-state index contributed by atoms with van der Waals surface area (Å²) in [6, 6.07) is 10.8. The molecule has 0 aliphatic carbocycles. The van der Waals surface area contributed by atoms with E-state index in [1.807, 2.05) is 6.20 Å². The van der Waals surface area contributed by atoms with Crippen LogP contribution in [-0.2, 0) is 6.54 Å². The Bertz CT molecular complexity index is 540. The van der Waals surface area contributed by atoms with Crippen molar-refractivity contribution < 1.29 is 0 Å². The van der Waals surface area contributed by atoms with Gasteiger partial charge in [0.1, 0.15) is 0 Å². The number of rotatable bonds is 3. The molecule has 0 saturated carbocycles. The Morgan fingerprint density at radius 1 is 1.05 bits per heavy atom. The maximum atomic E-state index is 4.44. The molecule has 4 heteroatoms. The van der Waals surface area contributed by atoms with Crippen molar-refractivity contribution in [1.29, 1.82) is 0 Å². The number of thiazole rings is 1. The molecular formula is C16H19N3S. The molecule has 4 rings (SSSR count). The topological polar surface area (TPSA) is 19.4 Å². The molecule has 1 aromatic carbocycles. The summed E-state index contributed by atoms with van der Waals surface area (Å²) < 4.78 is 0. The summed E-state index contributed by atoms with van der Waals surface area (Å²) in [6.07, 6.45) is 1.91. The van der Waals surface area contributed by atoms with Gasteiger partial charge in [0.05, 0.1) is 0 Å². The average Bonchev–Trinajstić information content (AvgIpc) is 3.13. The lowest BCUT2D eigenvalue weighted by molar-refractivity contribution is 0.309. The van der Waals surface area contributed by atoms with Crippen LogP contribution in [0, 0.1) is 11.8 Å². The van der Waals surface area contributed by atoms with Crippen molar-refractivity contribution in [1.82, 2.24) is 9.88 Å². The standard InChI is InChI=1S/C16H19N3S/c1-2-4-13(5-3-1)8-18-9-14-11-19(12-15(14)10-18)16-17-6-7-20-16/h1-7,14-15H,8-12H2/t14-,15+. The molecule has 2 saturated heterocycles. The van der Waals surface area contributed by atoms with Crippen LogP contribution in [0.2, 0.25) is 0 Å². The van der Waals surface area contributed by atoms with Crippen LogP contribution < -0.4 is 4.90 Å². The molecule has 0 unspecified atom stereocenters. The van der Waals surface area contributed by atoms with Gasteiger partial charge in [-0.1, -0.05) is 30.3 Å². The van der Waals surface area contributed by atoms with Gasteiger partial charge in [-0.2, -0.15) is 0 Å². The van der Waals surface area contributed by atoms with E-state index >= 15 is 0 Å². The van der Waals surface area contributed by atoms with Crippen molar-refractivity contribution in [3.8, 4) is 0 Å². The summed E-state index contributed by atoms with van der Waals surface area (Å²) in [6.45, 7) is 5.95. The van der Waals surface area contributed by atoms with Crippen LogP contribution >= 0.6 is 11.3 Å². The number of fused-ring (bicyclic) bond motifs is 1. The van der Waals surface area contributed by atoms with Gasteiger partial charge < -0.3 is 4.90 Å². The third-order valence-electron chi connectivity index (χ3n) is 4.50. The molecule has 104 valence electrons. The van der Waals surface area contributed by atoms with E-state index in [1.165, 1.54) is 36.9 Å². The molecule has 3 heterocycles. The first-order chi connectivity index (χ1) is 9.88. The van der Waals surface area contributed by atoms with Crippen molar-refractivity contribution in [2.45, 2.75) is 6.54 Å². The smallest absolute Gasteiger partial charge is 0.185 e. The van der Waals surface area contributed by atoms with Gasteiger partial charge >= 0.3 is 0 Å². The highest BCUT2D eigenvalue weighted by Crippen LogP contribution is 2.35. The molecule has 20 heavy (non-hydrogen) atoms. The minimum Gasteiger partial charge on any atom is -0.347 e. The molecule has 2 aliphatic rings. The number of hydrogen-bond acceptors (Lipinski definition) is 4. The number of anilines is 1. The van der Waals surface area contributed by atoms with E-state index in [1.54, 1.807) is 11.3 Å². The highest BCUT2D eigenvalue weighted by Gasteiger charge is 2.40. The van der Waals surface area contributed by atoms with Crippen LogP contribution in [0.1, 0.15) is 5.56 Å². The minimum absolute atomic E-state index is 0.822. The number of likely N-dealkylation sites (tertiary alicyclic amines) is 1. The SMILES string of the molecule is c1ccc(CN2C[C@@H]3CN(c4nccs4)C[C@@H]3C2)cc1. The zero-order valence-electron chi connectivity index (χ0n) is 11.5. The second kappa shape index (κ2) is 5.19. The van der Waals surface area contributed by atoms with E-state index < -0.39 is 0 Å². The number of benzene rings is 1. The largest absolute Gasteiger partial charge is 0.347 e. The van der Waals surface area contributed by atoms with Gasteiger partial charge in [-0.15, -0.1) is 11.3 Å². The van der Waals surface area contributed by atoms with Gasteiger partial charge in [-0.25, -0.2) is 4.98 Å². The molecule has 2 aliphatic heterocycles. The molecule has 2 fully saturated rings. The van der Waals surface area contributed by atoms with Crippen molar-refractivity contribution in [2.75, 3.05) is 31.1 Å². The summed E-state index contributed by atoms with van der Waals surface area (Å²) >= 11 is 1.76. The Labute approximate surface area is 123 Å². The van der Waals surface area contributed by atoms with E-state index in [4.69, 9.17) is 0 Å². The van der Waals surface area contributed by atoms with Crippen LogP contribution in [-0.4, -0.2) is 36.1 Å². The van der Waals surface area contributed by atoms with Crippen molar-refractivity contribution in [2.24, 2.45) is 11.8 Å². The Morgan fingerprint density at radius 3 is 2.45 bits per heavy atom. The Morgan fingerprint density at radius 2 is 1.80 bits per heavy atom. The highest BCUT2D eigenvalue weighted by molar-refractivity contribution is 7.13. The fourth-order valence-corrected chi connectivity index (χ4v) is 4.25. The molecule has 0 spiro atoms. The predicted molar refractivity (Wildman–Crippen MR) is 83.0 cm³/mol. The first kappa shape index (κ1) is 12.4. The van der Waals surface area contributed by atoms with Gasteiger partial charge in [0.2, 0.25) is 0 Å². The fraction of sp³-hybridized carbons (Fsp3) is 0.438. The minimum atomic E-state index is 0.822. The van der Waals surface area contributed by atoms with Crippen molar-refractivity contribution in [3.05, 3.63) is 47.5 Å². The second-order valence-electron chi connectivity index (χ2n) is 5.92. The van der Waals surface area contributed by atoms with Gasteiger partial charge in [0.25, 0.3) is 0 Å². The Kier molecular flexibility index (Phi) is 3.20. The fourth-order valence-electron chi connectivity index (χ4n) is 3.59. The normalized spacial score (nSPS) is 26.1. The van der Waals surface area contributed by atoms with Gasteiger partial charge in [0, 0.05) is 44.3 Å². The molecule has 2 aromatic rings. The average molecular weight is 285 g/mol. The maximum Gasteiger partial charge on any atom is 0.185 e. The van der Waals surface area contributed by atoms with Crippen molar-refractivity contribution >= 4 is 16.5 Å². The van der Waals surface area contributed by atoms with Crippen LogP contribution in [0.3, 0.4) is 0 Å². The maximum absolute atomic E-state index is 4.44. The number of nitrogens with zero attached hydrogens (tertiary/aromatic N) is 3. The van der Waals surface area contributed by atoms with Crippen LogP contribution in [0.15, 0.2) is 41.9 Å². The summed E-state index contributed by atoms with van der Waals surface area (Å²) in [5.41, 5.74) is 1.43. The third-order valence-corrected chi connectivity index (χ3v) is 5.33. The first-order valence-corrected chi connectivity index (χ1v) is 8.17. The van der Waals surface area contributed by atoms with Gasteiger partial charge in [-0.3, -0.25) is 4.90 Å². The zero-order valence-corrected chi connectivity index (χ0v) is 12.3. The lowest BCUT2D eigenvalue weighted by atomic mass is 10.0. The van der Waals surface area contributed by atoms with Gasteiger partial charge in [0.15, 0.2) is 5.13 Å². The molecule has 0 bridgehead atoms. The molecule has 2 atom stereocenters. The highest BCUT2D eigenvalue weighted by atomic mass is 32.1. The quantitative estimate of drug-likeness (QED) is 0.864. The lowest BCUT2D eigenvalue weighted by Gasteiger charge is -2.21. The Balaban J connectivity index is 1.37. The molecule has 1 aromatic heterocycles. The molecule has 3 nitrogen and oxygen atoms in total. The Hall–Kier alpha value is -1.39. The van der Waals surface area contributed by atoms with Crippen molar-refractivity contribution in [3.63, 3.8) is 0 Å². The number of hydrogen-bond donors (Lipinski definition) is 0. The molecule has 0 N–H and O–H groups in total. The molecular weight excluding hydrogens is 266 g/mol. The van der Waals surface area contributed by atoms with Gasteiger partial charge in [-0.05, 0) is 17.4 Å². The predicted octanol–water partition coefficient (Wildman–Crippen LogP) is 2.71. The summed E-state index contributed by atoms with van der Waals surface area (Å²) in [7, 11) is 0. The summed E-state index contributed by atoms with van der Waals surface area (Å²) in [5.74, 6) is 1.64. The molecule has 0 radical (unpaired) electrons. The van der Waals surface area contributed by atoms with E-state index in [0.29, 0.717) is 0 Å². The van der Waals surface area contributed by atoms with Crippen LogP contribution in [0.4, 0.5) is 5.13 Å². The van der Waals surface area contributed by atoms with Crippen LogP contribution in [0.25, 0.3) is 0 Å². The third kappa shape index (κ3) is 2.34. The number of aromatic nitrogens is 1. The zero-order chi connectivity index (χ0) is 13.4. The van der Waals surface area contributed by atoms with E-state index in [9.17, 15) is 0 Å². The molecule has 0 amide bonds. The van der Waals surface area contributed by atoms with E-state index in [-0.39, 0.29) is 0 Å². The lowest BCUT2D eigenvalue weighted by Crippen LogP contribution is -2.28. The van der Waals surface area contributed by atoms with E-state index in [0.717, 1.165) is 18.4 Å². The van der Waals surface area contributed by atoms with E-state index in [2.05, 4.69) is 50.5 Å². The summed E-state index contributed by atoms with van der Waals surface area (Å²) in [4.78, 5) is 9.53.